The van der Waals surface area contributed by atoms with E-state index in [9.17, 15) is 0 Å². The molecule has 0 fully saturated rings. The third kappa shape index (κ3) is 4.44. The molecule has 8 aromatic rings. The van der Waals surface area contributed by atoms with Crippen LogP contribution in [0.25, 0.3) is 53.6 Å². The van der Waals surface area contributed by atoms with Crippen LogP contribution >= 0.6 is 11.3 Å². The van der Waals surface area contributed by atoms with Crippen molar-refractivity contribution in [2.75, 3.05) is 4.90 Å². The highest BCUT2D eigenvalue weighted by molar-refractivity contribution is 7.25. The summed E-state index contributed by atoms with van der Waals surface area (Å²) in [5.41, 5.74) is 13.7. The highest BCUT2D eigenvalue weighted by Crippen LogP contribution is 2.52. The highest BCUT2D eigenvalue weighted by Gasteiger charge is 2.35. The Hall–Kier alpha value is -5.44. The lowest BCUT2D eigenvalue weighted by Crippen LogP contribution is -2.15. The second kappa shape index (κ2) is 10.8. The number of thiophene rings is 1. The molecule has 0 saturated carbocycles. The molecule has 2 heteroatoms. The van der Waals surface area contributed by atoms with Gasteiger partial charge in [0.25, 0.3) is 0 Å². The molecular weight excluding hydrogens is 587 g/mol. The van der Waals surface area contributed by atoms with Gasteiger partial charge in [0.1, 0.15) is 0 Å². The molecule has 1 aliphatic rings. The average Bonchev–Trinajstić information content (AvgIpc) is 3.60. The minimum Gasteiger partial charge on any atom is -0.310 e. The predicted octanol–water partition coefficient (Wildman–Crippen LogP) is 13.2. The van der Waals surface area contributed by atoms with Gasteiger partial charge in [-0.05, 0) is 81.4 Å². The normalized spacial score (nSPS) is 13.1. The van der Waals surface area contributed by atoms with Gasteiger partial charge < -0.3 is 4.90 Å². The molecule has 47 heavy (non-hydrogen) atoms. The maximum absolute atomic E-state index is 2.44. The van der Waals surface area contributed by atoms with Crippen molar-refractivity contribution in [3.05, 3.63) is 175 Å². The fourth-order valence-corrected chi connectivity index (χ4v) is 8.77. The summed E-state index contributed by atoms with van der Waals surface area (Å²) >= 11 is 1.87. The molecule has 224 valence electrons. The standard InChI is InChI=1S/C45H33NS/c1-45(2)39-21-11-9-18-35(39)38-29-33(25-27-40(38)45)46(32-16-7-4-8-17-32)41-22-13-20-34(44(41)30-14-5-3-6-15-30)31-24-26-37-36-19-10-12-23-42(36)47-43(37)28-31/h3-29H,1-2H3. The Morgan fingerprint density at radius 1 is 0.447 bits per heavy atom. The SMILES string of the molecule is CC1(C)c2ccccc2-c2cc(N(c3ccccc3)c3cccc(-c4ccc5c(c4)sc4ccccc45)c3-c3ccccc3)ccc21. The van der Waals surface area contributed by atoms with Crippen LogP contribution in [-0.4, -0.2) is 0 Å². The van der Waals surface area contributed by atoms with E-state index in [1.807, 2.05) is 11.3 Å². The van der Waals surface area contributed by atoms with Crippen molar-refractivity contribution in [1.29, 1.82) is 0 Å². The molecule has 0 aliphatic heterocycles. The topological polar surface area (TPSA) is 3.24 Å². The lowest BCUT2D eigenvalue weighted by atomic mass is 9.82. The second-order valence-corrected chi connectivity index (χ2v) is 14.0. The fourth-order valence-electron chi connectivity index (χ4n) is 7.62. The first-order valence-electron chi connectivity index (χ1n) is 16.3. The van der Waals surface area contributed by atoms with Crippen LogP contribution in [0.1, 0.15) is 25.0 Å². The van der Waals surface area contributed by atoms with E-state index in [0.717, 1.165) is 17.1 Å². The van der Waals surface area contributed by atoms with Gasteiger partial charge in [-0.25, -0.2) is 0 Å². The summed E-state index contributed by atoms with van der Waals surface area (Å²) in [7, 11) is 0. The molecule has 0 N–H and O–H groups in total. The van der Waals surface area contributed by atoms with Crippen molar-refractivity contribution >= 4 is 48.6 Å². The van der Waals surface area contributed by atoms with E-state index in [2.05, 4.69) is 183 Å². The molecule has 0 amide bonds. The number of benzene rings is 7. The highest BCUT2D eigenvalue weighted by atomic mass is 32.1. The summed E-state index contributed by atoms with van der Waals surface area (Å²) in [6.07, 6.45) is 0. The minimum absolute atomic E-state index is 0.0393. The van der Waals surface area contributed by atoms with Crippen LogP contribution in [0.2, 0.25) is 0 Å². The van der Waals surface area contributed by atoms with Crippen molar-refractivity contribution in [2.24, 2.45) is 0 Å². The van der Waals surface area contributed by atoms with Crippen LogP contribution in [0.4, 0.5) is 17.1 Å². The number of para-hydroxylation sites is 1. The maximum atomic E-state index is 2.44. The molecule has 1 aliphatic carbocycles. The molecule has 0 spiro atoms. The fraction of sp³-hybridized carbons (Fsp3) is 0.0667. The van der Waals surface area contributed by atoms with E-state index in [4.69, 9.17) is 0 Å². The Morgan fingerprint density at radius 3 is 1.98 bits per heavy atom. The van der Waals surface area contributed by atoms with Gasteiger partial charge in [0.15, 0.2) is 0 Å². The van der Waals surface area contributed by atoms with Crippen LogP contribution in [0.5, 0.6) is 0 Å². The van der Waals surface area contributed by atoms with Crippen LogP contribution in [0, 0.1) is 0 Å². The number of fused-ring (bicyclic) bond motifs is 6. The number of anilines is 3. The summed E-state index contributed by atoms with van der Waals surface area (Å²) in [4.78, 5) is 2.44. The Kier molecular flexibility index (Phi) is 6.41. The van der Waals surface area contributed by atoms with Crippen LogP contribution in [-0.2, 0) is 5.41 Å². The second-order valence-electron chi connectivity index (χ2n) is 12.9. The van der Waals surface area contributed by atoms with Gasteiger partial charge in [-0.1, -0.05) is 135 Å². The molecule has 0 bridgehead atoms. The third-order valence-electron chi connectivity index (χ3n) is 9.88. The van der Waals surface area contributed by atoms with E-state index in [-0.39, 0.29) is 5.41 Å². The molecule has 0 radical (unpaired) electrons. The van der Waals surface area contributed by atoms with E-state index in [1.54, 1.807) is 0 Å². The molecule has 9 rings (SSSR count). The van der Waals surface area contributed by atoms with Gasteiger partial charge in [-0.2, -0.15) is 0 Å². The summed E-state index contributed by atoms with van der Waals surface area (Å²) in [5, 5.41) is 2.65. The number of nitrogens with zero attached hydrogens (tertiary/aromatic N) is 1. The summed E-state index contributed by atoms with van der Waals surface area (Å²) in [6, 6.07) is 60.1. The van der Waals surface area contributed by atoms with Gasteiger partial charge in [0.2, 0.25) is 0 Å². The lowest BCUT2D eigenvalue weighted by molar-refractivity contribution is 0.660. The zero-order valence-electron chi connectivity index (χ0n) is 26.4. The minimum atomic E-state index is -0.0393. The van der Waals surface area contributed by atoms with Gasteiger partial charge in [-0.3, -0.25) is 0 Å². The quantitative estimate of drug-likeness (QED) is 0.185. The molecule has 0 saturated heterocycles. The summed E-state index contributed by atoms with van der Waals surface area (Å²) in [5.74, 6) is 0. The Balaban J connectivity index is 1.29. The number of hydrogen-bond acceptors (Lipinski definition) is 2. The maximum Gasteiger partial charge on any atom is 0.0546 e. The van der Waals surface area contributed by atoms with Gasteiger partial charge in [0.05, 0.1) is 5.69 Å². The van der Waals surface area contributed by atoms with Crippen LogP contribution in [0.3, 0.4) is 0 Å². The first kappa shape index (κ1) is 27.8. The van der Waals surface area contributed by atoms with Crippen molar-refractivity contribution in [3.63, 3.8) is 0 Å². The van der Waals surface area contributed by atoms with E-state index in [0.29, 0.717) is 0 Å². The summed E-state index contributed by atoms with van der Waals surface area (Å²) in [6.45, 7) is 4.69. The van der Waals surface area contributed by atoms with Crippen molar-refractivity contribution < 1.29 is 0 Å². The van der Waals surface area contributed by atoms with Gasteiger partial charge >= 0.3 is 0 Å². The predicted molar refractivity (Wildman–Crippen MR) is 202 cm³/mol. The Morgan fingerprint density at radius 2 is 1.13 bits per heavy atom. The smallest absolute Gasteiger partial charge is 0.0546 e. The average molecular weight is 620 g/mol. The van der Waals surface area contributed by atoms with Crippen molar-refractivity contribution in [2.45, 2.75) is 19.3 Å². The van der Waals surface area contributed by atoms with E-state index >= 15 is 0 Å². The molecule has 1 heterocycles. The zero-order chi connectivity index (χ0) is 31.5. The zero-order valence-corrected chi connectivity index (χ0v) is 27.3. The van der Waals surface area contributed by atoms with E-state index < -0.39 is 0 Å². The first-order valence-corrected chi connectivity index (χ1v) is 17.1. The molecule has 1 aromatic heterocycles. The first-order chi connectivity index (χ1) is 23.1. The van der Waals surface area contributed by atoms with Gasteiger partial charge in [0, 0.05) is 42.5 Å². The summed E-state index contributed by atoms with van der Waals surface area (Å²) < 4.78 is 2.64. The molecule has 7 aromatic carbocycles. The largest absolute Gasteiger partial charge is 0.310 e. The monoisotopic (exact) mass is 619 g/mol. The number of rotatable bonds is 5. The van der Waals surface area contributed by atoms with E-state index in [1.165, 1.54) is 64.7 Å². The third-order valence-corrected chi connectivity index (χ3v) is 11.0. The Bertz CT molecular complexity index is 2440. The molecule has 0 atom stereocenters. The molecule has 1 nitrogen and oxygen atoms in total. The Labute approximate surface area is 280 Å². The molecule has 0 unspecified atom stereocenters. The van der Waals surface area contributed by atoms with Crippen molar-refractivity contribution in [3.8, 4) is 33.4 Å². The number of hydrogen-bond donors (Lipinski definition) is 0. The van der Waals surface area contributed by atoms with Crippen LogP contribution in [0.15, 0.2) is 164 Å². The van der Waals surface area contributed by atoms with Gasteiger partial charge in [-0.15, -0.1) is 11.3 Å². The lowest BCUT2D eigenvalue weighted by Gasteiger charge is -2.30. The molecular formula is C45H33NS. The van der Waals surface area contributed by atoms with Crippen molar-refractivity contribution in [1.82, 2.24) is 0 Å². The van der Waals surface area contributed by atoms with Crippen LogP contribution < -0.4 is 4.90 Å².